The first-order valence-electron chi connectivity index (χ1n) is 3.63. The van der Waals surface area contributed by atoms with Crippen molar-refractivity contribution in [3.05, 3.63) is 0 Å². The highest BCUT2D eigenvalue weighted by molar-refractivity contribution is 4.85. The lowest BCUT2D eigenvalue weighted by atomic mass is 9.92. The van der Waals surface area contributed by atoms with Gasteiger partial charge >= 0.3 is 0 Å². The number of rotatable bonds is 1. The van der Waals surface area contributed by atoms with E-state index >= 15 is 0 Å². The number of aliphatic hydroxyl groups excluding tert-OH is 1. The average molecular weight is 129 g/mol. The molecule has 1 aliphatic heterocycles. The zero-order valence-electron chi connectivity index (χ0n) is 5.98. The lowest BCUT2D eigenvalue weighted by Gasteiger charge is -2.32. The first kappa shape index (κ1) is 7.03. The Labute approximate surface area is 56.3 Å². The summed E-state index contributed by atoms with van der Waals surface area (Å²) in [4.78, 5) is 0. The summed E-state index contributed by atoms with van der Waals surface area (Å²) in [5.74, 6) is 0. The highest BCUT2D eigenvalue weighted by Crippen LogP contribution is 2.16. The fraction of sp³-hybridized carbons (Fsp3) is 1.00. The summed E-state index contributed by atoms with van der Waals surface area (Å²) in [6, 6.07) is 0. The van der Waals surface area contributed by atoms with Gasteiger partial charge in [0, 0.05) is 5.54 Å². The summed E-state index contributed by atoms with van der Waals surface area (Å²) in [6.07, 6.45) is 3.63. The maximum absolute atomic E-state index is 8.89. The maximum Gasteiger partial charge on any atom is 0.0610 e. The summed E-state index contributed by atoms with van der Waals surface area (Å²) in [7, 11) is 0. The highest BCUT2D eigenvalue weighted by Gasteiger charge is 2.24. The summed E-state index contributed by atoms with van der Waals surface area (Å²) in [6.45, 7) is 3.41. The zero-order valence-corrected chi connectivity index (χ0v) is 5.98. The third-order valence-corrected chi connectivity index (χ3v) is 2.06. The van der Waals surface area contributed by atoms with E-state index in [1.807, 2.05) is 0 Å². The normalized spacial score (nSPS) is 36.7. The van der Waals surface area contributed by atoms with Gasteiger partial charge < -0.3 is 10.4 Å². The van der Waals surface area contributed by atoms with Gasteiger partial charge in [-0.3, -0.25) is 0 Å². The molecule has 1 unspecified atom stereocenters. The van der Waals surface area contributed by atoms with E-state index in [4.69, 9.17) is 5.11 Å². The van der Waals surface area contributed by atoms with Crippen molar-refractivity contribution in [1.82, 2.24) is 5.32 Å². The topological polar surface area (TPSA) is 32.3 Å². The second-order valence-corrected chi connectivity index (χ2v) is 3.10. The van der Waals surface area contributed by atoms with Gasteiger partial charge in [-0.2, -0.15) is 0 Å². The standard InChI is InChI=1S/C7H15NO/c1-7(6-9)4-2-3-5-8-7/h8-9H,2-6H2,1H3. The summed E-state index contributed by atoms with van der Waals surface area (Å²) in [5.41, 5.74) is 0.0260. The van der Waals surface area contributed by atoms with Crippen LogP contribution in [-0.2, 0) is 0 Å². The van der Waals surface area contributed by atoms with Gasteiger partial charge in [-0.25, -0.2) is 0 Å². The molecule has 0 aromatic heterocycles. The second-order valence-electron chi connectivity index (χ2n) is 3.10. The van der Waals surface area contributed by atoms with Crippen molar-refractivity contribution in [3.8, 4) is 0 Å². The van der Waals surface area contributed by atoms with Gasteiger partial charge in [0.05, 0.1) is 6.61 Å². The van der Waals surface area contributed by atoms with Crippen LogP contribution < -0.4 is 5.32 Å². The fourth-order valence-corrected chi connectivity index (χ4v) is 1.25. The number of aliphatic hydroxyl groups is 1. The SMILES string of the molecule is CC1(CO)CCCCN1. The molecule has 0 amide bonds. The number of piperidine rings is 1. The quantitative estimate of drug-likeness (QED) is 0.540. The smallest absolute Gasteiger partial charge is 0.0610 e. The Hall–Kier alpha value is -0.0800. The van der Waals surface area contributed by atoms with Gasteiger partial charge in [0.2, 0.25) is 0 Å². The maximum atomic E-state index is 8.89. The Balaban J connectivity index is 2.37. The van der Waals surface area contributed by atoms with Crippen LogP contribution in [0.4, 0.5) is 0 Å². The monoisotopic (exact) mass is 129 g/mol. The van der Waals surface area contributed by atoms with Crippen molar-refractivity contribution >= 4 is 0 Å². The van der Waals surface area contributed by atoms with Crippen LogP contribution >= 0.6 is 0 Å². The van der Waals surface area contributed by atoms with E-state index in [1.165, 1.54) is 12.8 Å². The molecule has 0 radical (unpaired) electrons. The molecule has 0 saturated carbocycles. The van der Waals surface area contributed by atoms with Crippen molar-refractivity contribution < 1.29 is 5.11 Å². The number of hydrogen-bond donors (Lipinski definition) is 2. The summed E-state index contributed by atoms with van der Waals surface area (Å²) >= 11 is 0. The van der Waals surface area contributed by atoms with Crippen LogP contribution in [-0.4, -0.2) is 23.8 Å². The van der Waals surface area contributed by atoms with Crippen LogP contribution in [0.1, 0.15) is 26.2 Å². The van der Waals surface area contributed by atoms with E-state index < -0.39 is 0 Å². The summed E-state index contributed by atoms with van der Waals surface area (Å²) in [5, 5.41) is 12.2. The summed E-state index contributed by atoms with van der Waals surface area (Å²) < 4.78 is 0. The van der Waals surface area contributed by atoms with Gasteiger partial charge in [-0.15, -0.1) is 0 Å². The van der Waals surface area contributed by atoms with Crippen molar-refractivity contribution in [2.75, 3.05) is 13.2 Å². The molecular weight excluding hydrogens is 114 g/mol. The van der Waals surface area contributed by atoms with Crippen LogP contribution in [0, 0.1) is 0 Å². The Morgan fingerprint density at radius 1 is 1.56 bits per heavy atom. The van der Waals surface area contributed by atoms with E-state index in [0.717, 1.165) is 13.0 Å². The highest BCUT2D eigenvalue weighted by atomic mass is 16.3. The average Bonchev–Trinajstić information content (AvgIpc) is 1.90. The molecule has 1 atom stereocenters. The molecule has 2 nitrogen and oxygen atoms in total. The van der Waals surface area contributed by atoms with Crippen molar-refractivity contribution in [2.45, 2.75) is 31.7 Å². The number of nitrogens with one attached hydrogen (secondary N) is 1. The molecule has 9 heavy (non-hydrogen) atoms. The Kier molecular flexibility index (Phi) is 2.09. The molecule has 54 valence electrons. The van der Waals surface area contributed by atoms with Gasteiger partial charge in [-0.1, -0.05) is 6.42 Å². The van der Waals surface area contributed by atoms with E-state index in [0.29, 0.717) is 0 Å². The first-order chi connectivity index (χ1) is 4.27. The minimum absolute atomic E-state index is 0.0260. The molecule has 1 aliphatic rings. The Morgan fingerprint density at radius 2 is 2.33 bits per heavy atom. The molecule has 0 bridgehead atoms. The second kappa shape index (κ2) is 2.67. The molecule has 2 heteroatoms. The van der Waals surface area contributed by atoms with Gasteiger partial charge in [-0.05, 0) is 26.3 Å². The van der Waals surface area contributed by atoms with Crippen molar-refractivity contribution in [2.24, 2.45) is 0 Å². The van der Waals surface area contributed by atoms with Crippen molar-refractivity contribution in [1.29, 1.82) is 0 Å². The van der Waals surface area contributed by atoms with Crippen LogP contribution in [0.3, 0.4) is 0 Å². The van der Waals surface area contributed by atoms with Gasteiger partial charge in [0.25, 0.3) is 0 Å². The predicted molar refractivity (Wildman–Crippen MR) is 37.3 cm³/mol. The van der Waals surface area contributed by atoms with Gasteiger partial charge in [0.1, 0.15) is 0 Å². The lowest BCUT2D eigenvalue weighted by molar-refractivity contribution is 0.147. The van der Waals surface area contributed by atoms with E-state index in [1.54, 1.807) is 0 Å². The van der Waals surface area contributed by atoms with E-state index in [9.17, 15) is 0 Å². The molecule has 0 aromatic rings. The Morgan fingerprint density at radius 3 is 2.67 bits per heavy atom. The molecular formula is C7H15NO. The number of hydrogen-bond acceptors (Lipinski definition) is 2. The molecule has 0 spiro atoms. The molecule has 0 aliphatic carbocycles. The minimum Gasteiger partial charge on any atom is -0.394 e. The fourth-order valence-electron chi connectivity index (χ4n) is 1.25. The minimum atomic E-state index is 0.0260. The largest absolute Gasteiger partial charge is 0.394 e. The van der Waals surface area contributed by atoms with Crippen molar-refractivity contribution in [3.63, 3.8) is 0 Å². The third kappa shape index (κ3) is 1.66. The molecule has 1 rings (SSSR count). The van der Waals surface area contributed by atoms with E-state index in [-0.39, 0.29) is 12.1 Å². The van der Waals surface area contributed by atoms with Crippen LogP contribution in [0.15, 0.2) is 0 Å². The Bertz CT molecular complexity index is 86.9. The first-order valence-corrected chi connectivity index (χ1v) is 3.63. The molecule has 1 fully saturated rings. The lowest BCUT2D eigenvalue weighted by Crippen LogP contribution is -2.48. The predicted octanol–water partition coefficient (Wildman–Crippen LogP) is 0.511. The van der Waals surface area contributed by atoms with Crippen LogP contribution in [0.25, 0.3) is 0 Å². The molecule has 2 N–H and O–H groups in total. The van der Waals surface area contributed by atoms with Gasteiger partial charge in [0.15, 0.2) is 0 Å². The van der Waals surface area contributed by atoms with E-state index in [2.05, 4.69) is 12.2 Å². The molecule has 1 heterocycles. The van der Waals surface area contributed by atoms with Crippen LogP contribution in [0.5, 0.6) is 0 Å². The molecule has 0 aromatic carbocycles. The third-order valence-electron chi connectivity index (χ3n) is 2.06. The zero-order chi connectivity index (χ0) is 6.74. The molecule has 1 saturated heterocycles. The van der Waals surface area contributed by atoms with Crippen LogP contribution in [0.2, 0.25) is 0 Å².